The topological polar surface area (TPSA) is 58.2 Å². The van der Waals surface area contributed by atoms with E-state index in [1.165, 1.54) is 0 Å². The Morgan fingerprint density at radius 1 is 1.11 bits per heavy atom. The van der Waals surface area contributed by atoms with Crippen molar-refractivity contribution in [2.45, 2.75) is 0 Å². The molecule has 0 atom stereocenters. The molecule has 2 amide bonds. The first-order valence-electron chi connectivity index (χ1n) is 2.06. The molecule has 0 saturated heterocycles. The van der Waals surface area contributed by atoms with Crippen molar-refractivity contribution in [3.63, 3.8) is 0 Å². The predicted molar refractivity (Wildman–Crippen MR) is 34.3 cm³/mol. The second kappa shape index (κ2) is 4.06. The molecule has 0 aromatic carbocycles. The van der Waals surface area contributed by atoms with E-state index >= 15 is 0 Å². The van der Waals surface area contributed by atoms with Crippen molar-refractivity contribution in [3.05, 3.63) is 0 Å². The summed E-state index contributed by atoms with van der Waals surface area (Å²) in [6.07, 6.45) is 0. The third-order valence-corrected chi connectivity index (χ3v) is 0.429. The van der Waals surface area contributed by atoms with Crippen LogP contribution in [0, 0.1) is 0 Å². The SMILES string of the molecule is [B]C(=O)N[B]NC([B])=O. The van der Waals surface area contributed by atoms with Gasteiger partial charge in [0.1, 0.15) is 11.6 Å². The number of nitrogens with one attached hydrogen (secondary N) is 2. The minimum absolute atomic E-state index is 0.760. The summed E-state index contributed by atoms with van der Waals surface area (Å²) in [6, 6.07) is 0. The van der Waals surface area contributed by atoms with Gasteiger partial charge >= 0.3 is 7.55 Å². The zero-order valence-electron chi connectivity index (χ0n) is 4.55. The Morgan fingerprint density at radius 3 is 1.67 bits per heavy atom. The van der Waals surface area contributed by atoms with E-state index < -0.39 is 11.6 Å². The van der Waals surface area contributed by atoms with Crippen LogP contribution in [0.25, 0.3) is 0 Å². The Hall–Kier alpha value is -0.865. The van der Waals surface area contributed by atoms with Gasteiger partial charge < -0.3 is 10.5 Å². The smallest absolute Gasteiger partial charge is 0.388 e. The van der Waals surface area contributed by atoms with Crippen LogP contribution < -0.4 is 10.5 Å². The molecule has 0 heterocycles. The predicted octanol–water partition coefficient (Wildman–Crippen LogP) is -1.72. The van der Waals surface area contributed by atoms with Crippen molar-refractivity contribution in [3.8, 4) is 0 Å². The zero-order chi connectivity index (χ0) is 7.28. The lowest BCUT2D eigenvalue weighted by molar-refractivity contribution is 0.262. The summed E-state index contributed by atoms with van der Waals surface area (Å²) in [4.78, 5) is 19.7. The van der Waals surface area contributed by atoms with E-state index in [1.807, 2.05) is 10.5 Å². The average Bonchev–Trinajstić information content (AvgIpc) is 1.63. The van der Waals surface area contributed by atoms with Gasteiger partial charge in [0.25, 0.3) is 0 Å². The minimum atomic E-state index is -0.760. The van der Waals surface area contributed by atoms with Gasteiger partial charge in [-0.1, -0.05) is 0 Å². The summed E-state index contributed by atoms with van der Waals surface area (Å²) < 4.78 is 0. The Bertz CT molecular complexity index is 113. The average molecular weight is 118 g/mol. The first kappa shape index (κ1) is 8.13. The highest BCUT2D eigenvalue weighted by Gasteiger charge is 1.93. The Balaban J connectivity index is 3.10. The fraction of sp³-hybridized carbons (Fsp3) is 0. The van der Waals surface area contributed by atoms with Crippen molar-refractivity contribution >= 4 is 34.9 Å². The Labute approximate surface area is 55.9 Å². The van der Waals surface area contributed by atoms with Gasteiger partial charge in [-0.2, -0.15) is 0 Å². The molecule has 0 aliphatic rings. The van der Waals surface area contributed by atoms with Gasteiger partial charge in [-0.25, -0.2) is 0 Å². The summed E-state index contributed by atoms with van der Waals surface area (Å²) in [5.41, 5.74) is 0. The molecule has 0 aliphatic carbocycles. The first-order chi connectivity index (χ1) is 4.13. The van der Waals surface area contributed by atoms with Crippen molar-refractivity contribution < 1.29 is 9.59 Å². The summed E-state index contributed by atoms with van der Waals surface area (Å²) in [7, 11) is 10.2. The molecule has 0 spiro atoms. The van der Waals surface area contributed by atoms with E-state index in [4.69, 9.17) is 0 Å². The molecule has 4 nitrogen and oxygen atoms in total. The summed E-state index contributed by atoms with van der Waals surface area (Å²) in [6.45, 7) is 0. The van der Waals surface area contributed by atoms with Crippen LogP contribution in [0.1, 0.15) is 0 Å². The van der Waals surface area contributed by atoms with E-state index in [1.54, 1.807) is 0 Å². The molecule has 0 rings (SSSR count). The second-order valence-electron chi connectivity index (χ2n) is 1.16. The van der Waals surface area contributed by atoms with Crippen LogP contribution in [-0.4, -0.2) is 34.9 Å². The zero-order valence-corrected chi connectivity index (χ0v) is 4.55. The van der Waals surface area contributed by atoms with Gasteiger partial charge in [-0.05, 0) is 0 Å². The molecular weight excluding hydrogens is 116 g/mol. The molecule has 0 fully saturated rings. The summed E-state index contributed by atoms with van der Waals surface area (Å²) in [5, 5.41) is 3.96. The highest BCUT2D eigenvalue weighted by molar-refractivity contribution is 6.65. The number of rotatable bonds is 2. The third kappa shape index (κ3) is 7.13. The van der Waals surface area contributed by atoms with E-state index in [0.717, 1.165) is 7.55 Å². The molecule has 0 aromatic heterocycles. The molecule has 9 heavy (non-hydrogen) atoms. The normalized spacial score (nSPS) is 7.56. The van der Waals surface area contributed by atoms with Crippen LogP contribution in [-0.2, 0) is 0 Å². The maximum Gasteiger partial charge on any atom is 0.388 e. The molecule has 41 valence electrons. The highest BCUT2D eigenvalue weighted by Crippen LogP contribution is 1.55. The third-order valence-electron chi connectivity index (χ3n) is 0.429. The fourth-order valence-corrected chi connectivity index (χ4v) is 0.178. The molecule has 0 aromatic rings. The summed E-state index contributed by atoms with van der Waals surface area (Å²) in [5.74, 6) is -1.52. The molecule has 0 aliphatic heterocycles. The molecule has 7 heteroatoms. The molecule has 0 unspecified atom stereocenters. The van der Waals surface area contributed by atoms with Crippen LogP contribution in [0.2, 0.25) is 0 Å². The van der Waals surface area contributed by atoms with Gasteiger partial charge in [-0.15, -0.1) is 0 Å². The molecule has 0 bridgehead atoms. The van der Waals surface area contributed by atoms with Gasteiger partial charge in [0.05, 0.1) is 0 Å². The van der Waals surface area contributed by atoms with E-state index in [9.17, 15) is 9.59 Å². The van der Waals surface area contributed by atoms with E-state index in [0.29, 0.717) is 0 Å². The lowest BCUT2D eigenvalue weighted by Gasteiger charge is -1.97. The standard InChI is InChI=1S/C2H2B3N2O2/c3-1(8)6-5-7-2(4)9/h(H,6,8)(H,7,9). The van der Waals surface area contributed by atoms with E-state index in [-0.39, 0.29) is 0 Å². The molecule has 0 saturated carbocycles. The fourth-order valence-electron chi connectivity index (χ4n) is 0.178. The van der Waals surface area contributed by atoms with Crippen LogP contribution in [0.3, 0.4) is 0 Å². The number of amides is 2. The van der Waals surface area contributed by atoms with Crippen molar-refractivity contribution in [1.29, 1.82) is 0 Å². The minimum Gasteiger partial charge on any atom is -0.393 e. The van der Waals surface area contributed by atoms with Crippen LogP contribution >= 0.6 is 0 Å². The highest BCUT2D eigenvalue weighted by atomic mass is 16.1. The number of carbonyl (C=O) groups excluding carboxylic acids is 2. The maximum atomic E-state index is 9.87. The quantitative estimate of drug-likeness (QED) is 0.424. The Morgan fingerprint density at radius 2 is 1.44 bits per heavy atom. The van der Waals surface area contributed by atoms with Gasteiger partial charge in [-0.3, -0.25) is 9.59 Å². The van der Waals surface area contributed by atoms with Crippen LogP contribution in [0.15, 0.2) is 0 Å². The first-order valence-corrected chi connectivity index (χ1v) is 2.06. The van der Waals surface area contributed by atoms with Crippen LogP contribution in [0.4, 0.5) is 9.59 Å². The van der Waals surface area contributed by atoms with E-state index in [2.05, 4.69) is 15.7 Å². The Kier molecular flexibility index (Phi) is 3.67. The van der Waals surface area contributed by atoms with Crippen molar-refractivity contribution in [2.75, 3.05) is 0 Å². The lowest BCUT2D eigenvalue weighted by Crippen LogP contribution is -2.39. The van der Waals surface area contributed by atoms with Gasteiger partial charge in [0.2, 0.25) is 0 Å². The number of hydrogen-bond donors (Lipinski definition) is 2. The van der Waals surface area contributed by atoms with Crippen molar-refractivity contribution in [1.82, 2.24) is 10.5 Å². The molecular formula is C2H2B3N2O2. The largest absolute Gasteiger partial charge is 0.393 e. The second-order valence-corrected chi connectivity index (χ2v) is 1.16. The van der Waals surface area contributed by atoms with Crippen LogP contribution in [0.5, 0.6) is 0 Å². The lowest BCUT2D eigenvalue weighted by atomic mass is 10.0. The number of carbonyl (C=O) groups is 2. The van der Waals surface area contributed by atoms with Gasteiger partial charge in [0, 0.05) is 0 Å². The molecule has 2 N–H and O–H groups in total. The van der Waals surface area contributed by atoms with Crippen molar-refractivity contribution in [2.24, 2.45) is 0 Å². The van der Waals surface area contributed by atoms with Gasteiger partial charge in [0.15, 0.2) is 15.7 Å². The number of hydrogen-bond acceptors (Lipinski definition) is 2. The monoisotopic (exact) mass is 119 g/mol. The summed E-state index contributed by atoms with van der Waals surface area (Å²) >= 11 is 0. The maximum absolute atomic E-state index is 9.87. The molecule has 5 radical (unpaired) electrons.